The molecule has 0 saturated carbocycles. The van der Waals surface area contributed by atoms with Crippen molar-refractivity contribution < 1.29 is 23.2 Å². The molecule has 10 heteroatoms. The lowest BCUT2D eigenvalue weighted by atomic mass is 10.3. The number of carbonyl (C=O) groups is 1. The van der Waals surface area contributed by atoms with E-state index in [9.17, 15) is 23.3 Å². The second kappa shape index (κ2) is 4.35. The average molecular weight is 261 g/mol. The van der Waals surface area contributed by atoms with Crippen molar-refractivity contribution >= 4 is 21.8 Å². The Labute approximate surface area is 95.2 Å². The van der Waals surface area contributed by atoms with Gasteiger partial charge in [-0.1, -0.05) is 6.07 Å². The molecule has 1 aromatic carbocycles. The molecule has 1 aromatic rings. The summed E-state index contributed by atoms with van der Waals surface area (Å²) in [4.78, 5) is 19.5. The normalized spacial score (nSPS) is 10.9. The van der Waals surface area contributed by atoms with Crippen LogP contribution < -0.4 is 5.84 Å². The highest BCUT2D eigenvalue weighted by Crippen LogP contribution is 2.19. The predicted octanol–water partition coefficient (Wildman–Crippen LogP) is 0.137. The molecule has 0 fully saturated rings. The quantitative estimate of drug-likeness (QED) is 0.340. The highest BCUT2D eigenvalue weighted by Gasteiger charge is 2.27. The number of hydrogen-bond donors (Lipinski definition) is 2. The van der Waals surface area contributed by atoms with Crippen LogP contribution >= 0.6 is 0 Å². The first-order chi connectivity index (χ1) is 7.76. The molecule has 3 N–H and O–H groups in total. The van der Waals surface area contributed by atoms with E-state index in [4.69, 9.17) is 10.9 Å². The van der Waals surface area contributed by atoms with Gasteiger partial charge < -0.3 is 5.11 Å². The molecule has 0 unspecified atom stereocenters. The SMILES string of the molecule is NN(C(=O)O)S(=O)(=O)c1cccc([N+](=O)[O-])c1. The third-order valence-corrected chi connectivity index (χ3v) is 3.30. The highest BCUT2D eigenvalue weighted by molar-refractivity contribution is 7.89. The minimum atomic E-state index is -4.49. The van der Waals surface area contributed by atoms with Crippen LogP contribution in [0.25, 0.3) is 0 Å². The molecular formula is C7H7N3O6S. The summed E-state index contributed by atoms with van der Waals surface area (Å²) in [6, 6.07) is 3.91. The Balaban J connectivity index is 3.30. The summed E-state index contributed by atoms with van der Waals surface area (Å²) in [6.45, 7) is 0. The van der Waals surface area contributed by atoms with Crippen molar-refractivity contribution in [3.63, 3.8) is 0 Å². The number of carboxylic acid groups (broad SMARTS) is 1. The molecule has 0 atom stereocenters. The van der Waals surface area contributed by atoms with Crippen LogP contribution in [-0.2, 0) is 10.0 Å². The van der Waals surface area contributed by atoms with E-state index in [2.05, 4.69) is 0 Å². The zero-order chi connectivity index (χ0) is 13.2. The summed E-state index contributed by atoms with van der Waals surface area (Å²) in [5.74, 6) is 4.83. The van der Waals surface area contributed by atoms with Crippen LogP contribution in [0.5, 0.6) is 0 Å². The number of nitrogens with zero attached hydrogens (tertiary/aromatic N) is 2. The number of amides is 1. The van der Waals surface area contributed by atoms with Crippen molar-refractivity contribution in [2.75, 3.05) is 0 Å². The van der Waals surface area contributed by atoms with Gasteiger partial charge in [0.05, 0.1) is 9.82 Å². The molecule has 0 bridgehead atoms. The summed E-state index contributed by atoms with van der Waals surface area (Å²) >= 11 is 0. The number of nitro benzene ring substituents is 1. The number of hydrogen-bond acceptors (Lipinski definition) is 6. The van der Waals surface area contributed by atoms with E-state index in [1.165, 1.54) is 0 Å². The van der Waals surface area contributed by atoms with Crippen LogP contribution in [0.3, 0.4) is 0 Å². The van der Waals surface area contributed by atoms with Crippen LogP contribution in [-0.4, -0.2) is 29.0 Å². The summed E-state index contributed by atoms with van der Waals surface area (Å²) < 4.78 is 22.7. The number of rotatable bonds is 3. The molecular weight excluding hydrogens is 254 g/mol. The molecule has 92 valence electrons. The molecule has 9 nitrogen and oxygen atoms in total. The lowest BCUT2D eigenvalue weighted by molar-refractivity contribution is -0.385. The van der Waals surface area contributed by atoms with Crippen molar-refractivity contribution in [1.82, 2.24) is 4.41 Å². The summed E-state index contributed by atoms with van der Waals surface area (Å²) in [7, 11) is -4.49. The van der Waals surface area contributed by atoms with E-state index in [-0.39, 0.29) is 0 Å². The van der Waals surface area contributed by atoms with Gasteiger partial charge in [-0.3, -0.25) is 10.1 Å². The van der Waals surface area contributed by atoms with E-state index in [0.29, 0.717) is 0 Å². The van der Waals surface area contributed by atoms with Gasteiger partial charge in [0.25, 0.3) is 15.7 Å². The molecule has 0 aliphatic heterocycles. The molecule has 0 aliphatic rings. The lowest BCUT2D eigenvalue weighted by Crippen LogP contribution is -2.41. The fourth-order valence-corrected chi connectivity index (χ4v) is 1.93. The molecule has 0 aliphatic carbocycles. The first kappa shape index (κ1) is 12.9. The van der Waals surface area contributed by atoms with Gasteiger partial charge in [0, 0.05) is 12.1 Å². The number of nitro groups is 1. The first-order valence-corrected chi connectivity index (χ1v) is 5.48. The fraction of sp³-hybridized carbons (Fsp3) is 0. The molecule has 0 radical (unpaired) electrons. The first-order valence-electron chi connectivity index (χ1n) is 4.04. The van der Waals surface area contributed by atoms with Gasteiger partial charge >= 0.3 is 6.09 Å². The van der Waals surface area contributed by atoms with Gasteiger partial charge in [-0.15, -0.1) is 4.41 Å². The second-order valence-electron chi connectivity index (χ2n) is 2.84. The van der Waals surface area contributed by atoms with Gasteiger partial charge in [0.15, 0.2) is 0 Å². The second-order valence-corrected chi connectivity index (χ2v) is 4.65. The molecule has 17 heavy (non-hydrogen) atoms. The minimum Gasteiger partial charge on any atom is -0.463 e. The maximum Gasteiger partial charge on any atom is 0.436 e. The zero-order valence-electron chi connectivity index (χ0n) is 8.18. The number of benzene rings is 1. The van der Waals surface area contributed by atoms with E-state index < -0.39 is 36.0 Å². The molecule has 0 saturated heterocycles. The van der Waals surface area contributed by atoms with E-state index in [1.54, 1.807) is 0 Å². The number of sulfonamides is 1. The smallest absolute Gasteiger partial charge is 0.436 e. The Morgan fingerprint density at radius 1 is 1.47 bits per heavy atom. The topological polar surface area (TPSA) is 144 Å². The molecule has 1 amide bonds. The Kier molecular flexibility index (Phi) is 3.29. The Morgan fingerprint density at radius 3 is 2.53 bits per heavy atom. The van der Waals surface area contributed by atoms with Crippen molar-refractivity contribution in [2.45, 2.75) is 4.90 Å². The molecule has 1 rings (SSSR count). The number of non-ortho nitro benzene ring substituents is 1. The predicted molar refractivity (Wildman–Crippen MR) is 54.3 cm³/mol. The van der Waals surface area contributed by atoms with E-state index in [0.717, 1.165) is 24.3 Å². The molecule has 0 spiro atoms. The van der Waals surface area contributed by atoms with Crippen LogP contribution in [0.15, 0.2) is 29.2 Å². The van der Waals surface area contributed by atoms with E-state index in [1.807, 2.05) is 0 Å². The van der Waals surface area contributed by atoms with Crippen LogP contribution in [0.2, 0.25) is 0 Å². The van der Waals surface area contributed by atoms with Crippen LogP contribution in [0, 0.1) is 10.1 Å². The van der Waals surface area contributed by atoms with Crippen molar-refractivity contribution in [2.24, 2.45) is 5.84 Å². The largest absolute Gasteiger partial charge is 0.463 e. The Bertz CT molecular complexity index is 569. The number of hydrazine groups is 1. The van der Waals surface area contributed by atoms with Crippen molar-refractivity contribution in [3.05, 3.63) is 34.4 Å². The van der Waals surface area contributed by atoms with Gasteiger partial charge in [-0.05, 0) is 6.07 Å². The van der Waals surface area contributed by atoms with E-state index >= 15 is 0 Å². The van der Waals surface area contributed by atoms with Gasteiger partial charge in [-0.25, -0.2) is 10.6 Å². The summed E-state index contributed by atoms with van der Waals surface area (Å²) in [5, 5.41) is 18.9. The van der Waals surface area contributed by atoms with Gasteiger partial charge in [0.2, 0.25) is 0 Å². The van der Waals surface area contributed by atoms with Crippen molar-refractivity contribution in [3.8, 4) is 0 Å². The third-order valence-electron chi connectivity index (χ3n) is 1.77. The summed E-state index contributed by atoms with van der Waals surface area (Å²) in [5.41, 5.74) is -0.482. The summed E-state index contributed by atoms with van der Waals surface area (Å²) in [6.07, 6.45) is -1.89. The zero-order valence-corrected chi connectivity index (χ0v) is 8.99. The standard InChI is InChI=1S/C7H7N3O6S/c8-9(7(11)12)17(15,16)6-3-1-2-5(4-6)10(13)14/h1-4H,8H2,(H,11,12). The Morgan fingerprint density at radius 2 is 2.06 bits per heavy atom. The Hall–Kier alpha value is -2.20. The monoisotopic (exact) mass is 261 g/mol. The highest BCUT2D eigenvalue weighted by atomic mass is 32.2. The van der Waals surface area contributed by atoms with Crippen LogP contribution in [0.1, 0.15) is 0 Å². The molecule has 0 aromatic heterocycles. The lowest BCUT2D eigenvalue weighted by Gasteiger charge is -2.12. The third kappa shape index (κ3) is 2.49. The van der Waals surface area contributed by atoms with Crippen molar-refractivity contribution in [1.29, 1.82) is 0 Å². The maximum absolute atomic E-state index is 11.5. The minimum absolute atomic E-state index is 0.411. The van der Waals surface area contributed by atoms with Crippen LogP contribution in [0.4, 0.5) is 10.5 Å². The fourth-order valence-electron chi connectivity index (χ4n) is 0.974. The molecule has 0 heterocycles. The number of nitrogens with two attached hydrogens (primary N) is 1. The van der Waals surface area contributed by atoms with Gasteiger partial charge in [-0.2, -0.15) is 8.42 Å². The van der Waals surface area contributed by atoms with Gasteiger partial charge in [0.1, 0.15) is 0 Å². The average Bonchev–Trinajstić information content (AvgIpc) is 2.28. The maximum atomic E-state index is 11.5.